The van der Waals surface area contributed by atoms with Crippen LogP contribution >= 0.6 is 39.3 Å². The summed E-state index contributed by atoms with van der Waals surface area (Å²) in [6.45, 7) is 8.30. The number of thioether (sulfide) groups is 1. The highest BCUT2D eigenvalue weighted by atomic mass is 79.9. The number of carbonyl (C=O) groups excluding carboxylic acids is 3. The van der Waals surface area contributed by atoms with Gasteiger partial charge in [-0.2, -0.15) is 0 Å². The minimum atomic E-state index is -0.764. The van der Waals surface area contributed by atoms with Gasteiger partial charge in [-0.05, 0) is 49.9 Å². The Balaban J connectivity index is 1.73. The SMILES string of the molecule is C=CCCOC(=O)[C@H]1[C@H]2C(=O)N(CCCCO)C(C(=O)N(CC=C)c3ccc(Cl)cc3)C23CC(Br)[C@@H]1S3. The van der Waals surface area contributed by atoms with E-state index < -0.39 is 28.6 Å². The molecule has 3 aliphatic rings. The zero-order valence-electron chi connectivity index (χ0n) is 20.6. The number of carbonyl (C=O) groups is 3. The number of anilines is 1. The Hall–Kier alpha value is -1.81. The number of amides is 2. The van der Waals surface area contributed by atoms with Crippen molar-refractivity contribution in [2.24, 2.45) is 11.8 Å². The Bertz CT molecular complexity index is 1060. The van der Waals surface area contributed by atoms with Crippen molar-refractivity contribution in [3.63, 3.8) is 0 Å². The van der Waals surface area contributed by atoms with E-state index in [9.17, 15) is 19.5 Å². The number of rotatable bonds is 12. The van der Waals surface area contributed by atoms with Crippen LogP contribution in [0.4, 0.5) is 5.69 Å². The van der Waals surface area contributed by atoms with Gasteiger partial charge in [0.1, 0.15) is 6.04 Å². The first-order valence-corrected chi connectivity index (χ1v) is 14.7. The van der Waals surface area contributed by atoms with E-state index >= 15 is 0 Å². The van der Waals surface area contributed by atoms with Crippen molar-refractivity contribution in [2.75, 3.05) is 31.2 Å². The molecule has 1 N–H and O–H groups in total. The van der Waals surface area contributed by atoms with Gasteiger partial charge < -0.3 is 19.6 Å². The van der Waals surface area contributed by atoms with Gasteiger partial charge in [0.25, 0.3) is 5.91 Å². The highest BCUT2D eigenvalue weighted by Crippen LogP contribution is 2.68. The molecule has 3 aliphatic heterocycles. The summed E-state index contributed by atoms with van der Waals surface area (Å²) in [5.74, 6) is -2.08. The monoisotopic (exact) mass is 610 g/mol. The molecule has 1 spiro atoms. The molecule has 3 saturated heterocycles. The molecule has 4 rings (SSSR count). The number of unbranched alkanes of at least 4 members (excludes halogenated alkanes) is 1. The van der Waals surface area contributed by atoms with Gasteiger partial charge >= 0.3 is 5.97 Å². The van der Waals surface area contributed by atoms with Gasteiger partial charge in [0.05, 0.1) is 23.2 Å². The molecule has 3 heterocycles. The molecule has 37 heavy (non-hydrogen) atoms. The molecule has 0 aliphatic carbocycles. The second kappa shape index (κ2) is 11.9. The quantitative estimate of drug-likeness (QED) is 0.165. The number of ether oxygens (including phenoxy) is 1. The fraction of sp³-hybridized carbons (Fsp3) is 0.519. The van der Waals surface area contributed by atoms with E-state index in [-0.39, 0.29) is 41.6 Å². The summed E-state index contributed by atoms with van der Waals surface area (Å²) < 4.78 is 4.78. The molecule has 7 nitrogen and oxygen atoms in total. The summed E-state index contributed by atoms with van der Waals surface area (Å²) in [6.07, 6.45) is 5.52. The van der Waals surface area contributed by atoms with Gasteiger partial charge in [0.2, 0.25) is 5.91 Å². The number of likely N-dealkylation sites (tertiary alicyclic amines) is 1. The summed E-state index contributed by atoms with van der Waals surface area (Å²) in [7, 11) is 0. The summed E-state index contributed by atoms with van der Waals surface area (Å²) in [5, 5.41) is 9.74. The van der Waals surface area contributed by atoms with Crippen molar-refractivity contribution in [1.82, 2.24) is 4.90 Å². The first-order chi connectivity index (χ1) is 17.8. The first-order valence-electron chi connectivity index (χ1n) is 12.5. The fourth-order valence-electron chi connectivity index (χ4n) is 5.87. The third kappa shape index (κ3) is 5.12. The molecule has 6 atom stereocenters. The van der Waals surface area contributed by atoms with Crippen LogP contribution in [0, 0.1) is 11.8 Å². The van der Waals surface area contributed by atoms with E-state index in [1.165, 1.54) is 0 Å². The van der Waals surface area contributed by atoms with Crippen LogP contribution in [-0.4, -0.2) is 75.0 Å². The van der Waals surface area contributed by atoms with Crippen LogP contribution < -0.4 is 4.90 Å². The number of benzene rings is 1. The number of esters is 1. The van der Waals surface area contributed by atoms with Crippen LogP contribution in [-0.2, 0) is 19.1 Å². The van der Waals surface area contributed by atoms with Crippen molar-refractivity contribution in [3.8, 4) is 0 Å². The molecule has 2 amide bonds. The van der Waals surface area contributed by atoms with Crippen molar-refractivity contribution >= 4 is 62.8 Å². The second-order valence-corrected chi connectivity index (χ2v) is 12.7. The number of nitrogens with zero attached hydrogens (tertiary/aromatic N) is 2. The molecule has 3 fully saturated rings. The summed E-state index contributed by atoms with van der Waals surface area (Å²) in [4.78, 5) is 44.9. The lowest BCUT2D eigenvalue weighted by Crippen LogP contribution is -2.55. The van der Waals surface area contributed by atoms with Crippen molar-refractivity contribution in [1.29, 1.82) is 0 Å². The summed E-state index contributed by atoms with van der Waals surface area (Å²) in [5.41, 5.74) is 0.658. The normalized spacial score (nSPS) is 29.8. The standard InChI is InChI=1S/C27H32BrClN2O5S/c1-3-5-15-36-26(35)20-21-24(33)31(13-6-7-14-32)23(27(21)16-19(28)22(20)37-27)25(34)30(12-4-2)18-10-8-17(29)9-11-18/h3-4,8-11,19-23,32H,1-2,5-7,12-16H2/t19?,20-,21-,22-,23?,27?/m0/s1. The van der Waals surface area contributed by atoms with E-state index in [4.69, 9.17) is 16.3 Å². The summed E-state index contributed by atoms with van der Waals surface area (Å²) in [6, 6.07) is 6.23. The van der Waals surface area contributed by atoms with E-state index in [1.54, 1.807) is 58.0 Å². The number of fused-ring (bicyclic) bond motifs is 1. The third-order valence-electron chi connectivity index (χ3n) is 7.38. The average molecular weight is 612 g/mol. The van der Waals surface area contributed by atoms with Gasteiger partial charge in [0, 0.05) is 40.5 Å². The van der Waals surface area contributed by atoms with Gasteiger partial charge in [-0.1, -0.05) is 39.7 Å². The molecule has 2 bridgehead atoms. The number of aliphatic hydroxyl groups is 1. The molecule has 0 aromatic heterocycles. The maximum atomic E-state index is 14.4. The molecule has 0 saturated carbocycles. The van der Waals surface area contributed by atoms with Crippen LogP contribution in [0.5, 0.6) is 0 Å². The molecule has 200 valence electrons. The van der Waals surface area contributed by atoms with E-state index in [1.807, 2.05) is 0 Å². The Morgan fingerprint density at radius 3 is 2.65 bits per heavy atom. The van der Waals surface area contributed by atoms with Crippen LogP contribution in [0.1, 0.15) is 25.7 Å². The van der Waals surface area contributed by atoms with Gasteiger partial charge in [-0.25, -0.2) is 0 Å². The topological polar surface area (TPSA) is 87.1 Å². The van der Waals surface area contributed by atoms with Gasteiger partial charge in [-0.3, -0.25) is 14.4 Å². The predicted molar refractivity (Wildman–Crippen MR) is 150 cm³/mol. The summed E-state index contributed by atoms with van der Waals surface area (Å²) >= 11 is 11.4. The minimum absolute atomic E-state index is 0.00112. The van der Waals surface area contributed by atoms with Crippen LogP contribution in [0.2, 0.25) is 5.02 Å². The molecular weight excluding hydrogens is 580 g/mol. The first kappa shape index (κ1) is 28.2. The number of aliphatic hydroxyl groups excluding tert-OH is 1. The molecule has 3 unspecified atom stereocenters. The average Bonchev–Trinajstić information content (AvgIpc) is 3.46. The lowest BCUT2D eigenvalue weighted by Gasteiger charge is -2.37. The third-order valence-corrected chi connectivity index (χ3v) is 10.9. The number of alkyl halides is 1. The number of halogens is 2. The molecule has 1 aromatic rings. The number of hydrogen-bond acceptors (Lipinski definition) is 6. The lowest BCUT2D eigenvalue weighted by atomic mass is 9.71. The van der Waals surface area contributed by atoms with E-state index in [0.29, 0.717) is 42.9 Å². The zero-order valence-corrected chi connectivity index (χ0v) is 23.7. The molecular formula is C27H32BrClN2O5S. The Morgan fingerprint density at radius 1 is 1.27 bits per heavy atom. The minimum Gasteiger partial charge on any atom is -0.465 e. The number of hydrogen-bond donors (Lipinski definition) is 1. The Morgan fingerprint density at radius 2 is 2.00 bits per heavy atom. The predicted octanol–water partition coefficient (Wildman–Crippen LogP) is 4.22. The smallest absolute Gasteiger partial charge is 0.310 e. The van der Waals surface area contributed by atoms with Crippen LogP contribution in [0.3, 0.4) is 0 Å². The zero-order chi connectivity index (χ0) is 26.7. The van der Waals surface area contributed by atoms with Crippen LogP contribution in [0.15, 0.2) is 49.6 Å². The molecule has 10 heteroatoms. The maximum absolute atomic E-state index is 14.4. The fourth-order valence-corrected chi connectivity index (χ4v) is 9.59. The van der Waals surface area contributed by atoms with E-state index in [0.717, 1.165) is 0 Å². The Labute approximate surface area is 235 Å². The molecule has 1 aromatic carbocycles. The van der Waals surface area contributed by atoms with Crippen molar-refractivity contribution in [2.45, 2.75) is 46.5 Å². The Kier molecular flexibility index (Phi) is 9.09. The highest BCUT2D eigenvalue weighted by Gasteiger charge is 2.76. The molecule has 0 radical (unpaired) electrons. The van der Waals surface area contributed by atoms with E-state index in [2.05, 4.69) is 29.1 Å². The van der Waals surface area contributed by atoms with Crippen molar-refractivity contribution < 1.29 is 24.2 Å². The largest absolute Gasteiger partial charge is 0.465 e. The lowest BCUT2D eigenvalue weighted by molar-refractivity contribution is -0.154. The highest BCUT2D eigenvalue weighted by molar-refractivity contribution is 9.09. The van der Waals surface area contributed by atoms with Gasteiger partial charge in [-0.15, -0.1) is 24.9 Å². The maximum Gasteiger partial charge on any atom is 0.310 e. The second-order valence-electron chi connectivity index (χ2n) is 9.58. The van der Waals surface area contributed by atoms with Crippen molar-refractivity contribution in [3.05, 3.63) is 54.6 Å². The van der Waals surface area contributed by atoms with Crippen LogP contribution in [0.25, 0.3) is 0 Å². The van der Waals surface area contributed by atoms with Gasteiger partial charge in [0.15, 0.2) is 0 Å².